The van der Waals surface area contributed by atoms with Crippen molar-refractivity contribution in [3.05, 3.63) is 59.7 Å². The highest BCUT2D eigenvalue weighted by Gasteiger charge is 2.22. The third-order valence-electron chi connectivity index (χ3n) is 5.61. The van der Waals surface area contributed by atoms with Gasteiger partial charge in [0, 0.05) is 12.1 Å². The number of carbonyl (C=O) groups excluding carboxylic acids is 1. The lowest BCUT2D eigenvalue weighted by Gasteiger charge is -2.31. The number of nitrogens with zero attached hydrogens (tertiary/aromatic N) is 1. The molecule has 1 fully saturated rings. The summed E-state index contributed by atoms with van der Waals surface area (Å²) in [6.07, 6.45) is 5.91. The average molecular weight is 411 g/mol. The van der Waals surface area contributed by atoms with E-state index in [0.29, 0.717) is 18.7 Å². The predicted octanol–water partition coefficient (Wildman–Crippen LogP) is 4.83. The lowest BCUT2D eigenvalue weighted by Crippen LogP contribution is -2.38. The summed E-state index contributed by atoms with van der Waals surface area (Å²) in [6, 6.07) is 15.8. The van der Waals surface area contributed by atoms with Crippen LogP contribution in [0.5, 0.6) is 11.5 Å². The molecule has 3 rings (SSSR count). The van der Waals surface area contributed by atoms with Crippen molar-refractivity contribution >= 4 is 5.91 Å². The van der Waals surface area contributed by atoms with E-state index < -0.39 is 0 Å². The lowest BCUT2D eigenvalue weighted by molar-refractivity contribution is 0.0932. The Labute approximate surface area is 180 Å². The number of rotatable bonds is 9. The molecule has 2 aromatic carbocycles. The van der Waals surface area contributed by atoms with Gasteiger partial charge in [-0.3, -0.25) is 9.69 Å². The Bertz CT molecular complexity index is 783. The maximum atomic E-state index is 12.9. The van der Waals surface area contributed by atoms with Crippen LogP contribution in [0.4, 0.5) is 0 Å². The molecule has 0 bridgehead atoms. The Balaban J connectivity index is 1.71. The molecule has 0 radical (unpaired) electrons. The van der Waals surface area contributed by atoms with Gasteiger partial charge in [0.25, 0.3) is 5.91 Å². The van der Waals surface area contributed by atoms with Crippen LogP contribution in [0.15, 0.2) is 48.5 Å². The summed E-state index contributed by atoms with van der Waals surface area (Å²) in [6.45, 7) is 5.42. The lowest BCUT2D eigenvalue weighted by atomic mass is 10.0. The second-order valence-electron chi connectivity index (χ2n) is 7.83. The maximum absolute atomic E-state index is 12.9. The number of benzene rings is 2. The molecule has 0 aliphatic carbocycles. The molecule has 1 aliphatic rings. The first kappa shape index (κ1) is 22.2. The third kappa shape index (κ3) is 6.23. The van der Waals surface area contributed by atoms with E-state index in [4.69, 9.17) is 9.47 Å². The summed E-state index contributed by atoms with van der Waals surface area (Å²) in [5.41, 5.74) is 1.84. The van der Waals surface area contributed by atoms with Gasteiger partial charge in [0.1, 0.15) is 11.5 Å². The van der Waals surface area contributed by atoms with Crippen LogP contribution < -0.4 is 14.8 Å². The average Bonchev–Trinajstić information content (AvgIpc) is 3.08. The zero-order chi connectivity index (χ0) is 21.2. The minimum absolute atomic E-state index is 0.0646. The smallest absolute Gasteiger partial charge is 0.251 e. The summed E-state index contributed by atoms with van der Waals surface area (Å²) in [5.74, 6) is 1.52. The predicted molar refractivity (Wildman–Crippen MR) is 120 cm³/mol. The van der Waals surface area contributed by atoms with Crippen molar-refractivity contribution in [3.8, 4) is 11.5 Å². The molecule has 1 saturated heterocycles. The minimum Gasteiger partial charge on any atom is -0.497 e. The molecule has 0 unspecified atom stereocenters. The summed E-state index contributed by atoms with van der Waals surface area (Å²) in [5, 5.41) is 3.16. The Morgan fingerprint density at radius 1 is 1.03 bits per heavy atom. The van der Waals surface area contributed by atoms with Crippen molar-refractivity contribution in [1.29, 1.82) is 0 Å². The number of hydrogen-bond donors (Lipinski definition) is 1. The van der Waals surface area contributed by atoms with Crippen LogP contribution in [-0.2, 0) is 0 Å². The van der Waals surface area contributed by atoms with Gasteiger partial charge in [-0.25, -0.2) is 0 Å². The highest BCUT2D eigenvalue weighted by atomic mass is 16.5. The van der Waals surface area contributed by atoms with Gasteiger partial charge in [-0.15, -0.1) is 0 Å². The van der Waals surface area contributed by atoms with E-state index in [1.165, 1.54) is 31.2 Å². The van der Waals surface area contributed by atoms with E-state index in [0.717, 1.165) is 31.0 Å². The second kappa shape index (κ2) is 11.6. The van der Waals surface area contributed by atoms with Gasteiger partial charge in [-0.05, 0) is 68.2 Å². The number of nitrogens with one attached hydrogen (secondary N) is 1. The number of carbonyl (C=O) groups is 1. The molecule has 1 atom stereocenters. The van der Waals surface area contributed by atoms with Crippen LogP contribution >= 0.6 is 0 Å². The largest absolute Gasteiger partial charge is 0.497 e. The minimum atomic E-state index is -0.0646. The molecule has 0 saturated carbocycles. The number of ether oxygens (including phenoxy) is 2. The fourth-order valence-corrected chi connectivity index (χ4v) is 3.93. The van der Waals surface area contributed by atoms with Crippen molar-refractivity contribution < 1.29 is 14.3 Å². The van der Waals surface area contributed by atoms with E-state index in [1.54, 1.807) is 7.11 Å². The molecule has 2 aromatic rings. The monoisotopic (exact) mass is 410 g/mol. The Morgan fingerprint density at radius 3 is 2.43 bits per heavy atom. The molecule has 1 aliphatic heterocycles. The van der Waals surface area contributed by atoms with Crippen LogP contribution in [0.25, 0.3) is 0 Å². The van der Waals surface area contributed by atoms with Crippen molar-refractivity contribution in [1.82, 2.24) is 10.2 Å². The van der Waals surface area contributed by atoms with E-state index in [9.17, 15) is 4.79 Å². The molecule has 162 valence electrons. The zero-order valence-electron chi connectivity index (χ0n) is 18.2. The molecule has 1 N–H and O–H groups in total. The molecule has 5 nitrogen and oxygen atoms in total. The third-order valence-corrected chi connectivity index (χ3v) is 5.61. The first-order chi connectivity index (χ1) is 14.7. The highest BCUT2D eigenvalue weighted by molar-refractivity contribution is 5.94. The molecule has 0 aromatic heterocycles. The van der Waals surface area contributed by atoms with Crippen LogP contribution in [0.1, 0.15) is 61.0 Å². The van der Waals surface area contributed by atoms with Gasteiger partial charge in [0.2, 0.25) is 0 Å². The van der Waals surface area contributed by atoms with Gasteiger partial charge in [-0.2, -0.15) is 0 Å². The Morgan fingerprint density at radius 2 is 1.77 bits per heavy atom. The molecule has 0 spiro atoms. The number of amides is 1. The van der Waals surface area contributed by atoms with E-state index in [2.05, 4.69) is 29.3 Å². The topological polar surface area (TPSA) is 50.8 Å². The standard InChI is InChI=1S/C25H34N2O3/c1-3-17-30-23-10-8-9-21(18-23)25(28)26-19-24(27-15-6-4-5-7-16-27)20-11-13-22(29-2)14-12-20/h8-14,18,24H,3-7,15-17,19H2,1-2H3,(H,26,28)/t24-/m1/s1. The maximum Gasteiger partial charge on any atom is 0.251 e. The summed E-state index contributed by atoms with van der Waals surface area (Å²) in [7, 11) is 1.68. The first-order valence-electron chi connectivity index (χ1n) is 11.1. The molecule has 1 amide bonds. The fraction of sp³-hybridized carbons (Fsp3) is 0.480. The molecule has 30 heavy (non-hydrogen) atoms. The van der Waals surface area contributed by atoms with E-state index in [-0.39, 0.29) is 11.9 Å². The van der Waals surface area contributed by atoms with Crippen LogP contribution in [-0.4, -0.2) is 44.2 Å². The van der Waals surface area contributed by atoms with Crippen molar-refractivity contribution in [2.75, 3.05) is 33.4 Å². The molecule has 5 heteroatoms. The Hall–Kier alpha value is -2.53. The summed E-state index contributed by atoms with van der Waals surface area (Å²) < 4.78 is 11.0. The van der Waals surface area contributed by atoms with Crippen LogP contribution in [0.3, 0.4) is 0 Å². The SMILES string of the molecule is CCCOc1cccc(C(=O)NC[C@H](c2ccc(OC)cc2)N2CCCCCC2)c1. The first-order valence-corrected chi connectivity index (χ1v) is 11.1. The van der Waals surface area contributed by atoms with Gasteiger partial charge in [0.05, 0.1) is 19.8 Å². The number of hydrogen-bond acceptors (Lipinski definition) is 4. The molecule has 1 heterocycles. The quantitative estimate of drug-likeness (QED) is 0.643. The van der Waals surface area contributed by atoms with Gasteiger partial charge in [-0.1, -0.05) is 38.0 Å². The van der Waals surface area contributed by atoms with Gasteiger partial charge in [0.15, 0.2) is 0 Å². The van der Waals surface area contributed by atoms with Crippen molar-refractivity contribution in [2.45, 2.75) is 45.1 Å². The summed E-state index contributed by atoms with van der Waals surface area (Å²) >= 11 is 0. The van der Waals surface area contributed by atoms with E-state index in [1.807, 2.05) is 36.4 Å². The summed E-state index contributed by atoms with van der Waals surface area (Å²) in [4.78, 5) is 15.4. The van der Waals surface area contributed by atoms with Gasteiger partial charge < -0.3 is 14.8 Å². The van der Waals surface area contributed by atoms with Crippen molar-refractivity contribution in [3.63, 3.8) is 0 Å². The van der Waals surface area contributed by atoms with Crippen molar-refractivity contribution in [2.24, 2.45) is 0 Å². The second-order valence-corrected chi connectivity index (χ2v) is 7.83. The highest BCUT2D eigenvalue weighted by Crippen LogP contribution is 2.26. The molecular weight excluding hydrogens is 376 g/mol. The van der Waals surface area contributed by atoms with Crippen LogP contribution in [0, 0.1) is 0 Å². The number of methoxy groups -OCH3 is 1. The number of likely N-dealkylation sites (tertiary alicyclic amines) is 1. The zero-order valence-corrected chi connectivity index (χ0v) is 18.2. The molecular formula is C25H34N2O3. The normalized spacial score (nSPS) is 15.8. The van der Waals surface area contributed by atoms with Crippen LogP contribution in [0.2, 0.25) is 0 Å². The Kier molecular flexibility index (Phi) is 8.57. The fourth-order valence-electron chi connectivity index (χ4n) is 3.93. The van der Waals surface area contributed by atoms with E-state index >= 15 is 0 Å². The van der Waals surface area contributed by atoms with Gasteiger partial charge >= 0.3 is 0 Å².